The lowest BCUT2D eigenvalue weighted by Gasteiger charge is -2.34. The molecule has 160 valence electrons. The predicted molar refractivity (Wildman–Crippen MR) is 103 cm³/mol. The molecular weight excluding hydrogens is 391 g/mol. The number of morpholine rings is 1. The van der Waals surface area contributed by atoms with Crippen LogP contribution in [0.2, 0.25) is 0 Å². The SMILES string of the molecule is CC1COCCN1c1cc(OCC(F)(F)F)c(C=N)c(Nc2ccn[nH]2)n1.CN. The Kier molecular flexibility index (Phi) is 7.79. The van der Waals surface area contributed by atoms with E-state index in [-0.39, 0.29) is 23.2 Å². The number of pyridine rings is 1. The van der Waals surface area contributed by atoms with E-state index in [0.29, 0.717) is 31.4 Å². The van der Waals surface area contributed by atoms with Gasteiger partial charge in [-0.3, -0.25) is 5.10 Å². The zero-order chi connectivity index (χ0) is 21.4. The Morgan fingerprint density at radius 3 is 2.83 bits per heavy atom. The number of hydrogen-bond donors (Lipinski definition) is 4. The molecule has 29 heavy (non-hydrogen) atoms. The molecule has 1 unspecified atom stereocenters. The van der Waals surface area contributed by atoms with E-state index in [1.165, 1.54) is 19.3 Å². The number of nitrogens with two attached hydrogens (primary N) is 1. The number of rotatable bonds is 6. The van der Waals surface area contributed by atoms with Gasteiger partial charge in [0.05, 0.1) is 31.0 Å². The van der Waals surface area contributed by atoms with E-state index >= 15 is 0 Å². The topological polar surface area (TPSA) is 125 Å². The highest BCUT2D eigenvalue weighted by Gasteiger charge is 2.30. The van der Waals surface area contributed by atoms with Crippen molar-refractivity contribution in [1.82, 2.24) is 15.2 Å². The molecule has 2 aromatic rings. The first-order chi connectivity index (χ1) is 13.9. The second kappa shape index (κ2) is 10.1. The van der Waals surface area contributed by atoms with Gasteiger partial charge in [-0.05, 0) is 14.0 Å². The Balaban J connectivity index is 0.00000145. The molecule has 1 aliphatic rings. The highest BCUT2D eigenvalue weighted by molar-refractivity contribution is 5.90. The minimum atomic E-state index is -4.49. The molecule has 2 aromatic heterocycles. The molecule has 3 rings (SSSR count). The molecule has 1 saturated heterocycles. The van der Waals surface area contributed by atoms with E-state index in [4.69, 9.17) is 14.9 Å². The third kappa shape index (κ3) is 6.06. The third-order valence-electron chi connectivity index (χ3n) is 3.96. The van der Waals surface area contributed by atoms with Crippen molar-refractivity contribution in [3.63, 3.8) is 0 Å². The van der Waals surface area contributed by atoms with Crippen molar-refractivity contribution in [2.24, 2.45) is 5.73 Å². The van der Waals surface area contributed by atoms with Crippen LogP contribution >= 0.6 is 0 Å². The zero-order valence-corrected chi connectivity index (χ0v) is 16.1. The van der Waals surface area contributed by atoms with Gasteiger partial charge in [-0.1, -0.05) is 0 Å². The highest BCUT2D eigenvalue weighted by atomic mass is 19.4. The monoisotopic (exact) mass is 415 g/mol. The van der Waals surface area contributed by atoms with Gasteiger partial charge in [0.15, 0.2) is 6.61 Å². The summed E-state index contributed by atoms with van der Waals surface area (Å²) in [7, 11) is 1.50. The second-order valence-electron chi connectivity index (χ2n) is 6.00. The van der Waals surface area contributed by atoms with Gasteiger partial charge >= 0.3 is 6.18 Å². The van der Waals surface area contributed by atoms with E-state index < -0.39 is 12.8 Å². The number of halogens is 3. The van der Waals surface area contributed by atoms with E-state index in [2.05, 4.69) is 26.2 Å². The van der Waals surface area contributed by atoms with Crippen LogP contribution < -0.4 is 20.7 Å². The van der Waals surface area contributed by atoms with Crippen LogP contribution in [0.4, 0.5) is 30.6 Å². The number of H-pyrrole nitrogens is 1. The summed E-state index contributed by atoms with van der Waals surface area (Å²) in [6.45, 7) is 1.99. The number of nitrogens with zero attached hydrogens (tertiary/aromatic N) is 3. The van der Waals surface area contributed by atoms with Crippen molar-refractivity contribution in [3.05, 3.63) is 23.9 Å². The van der Waals surface area contributed by atoms with Crippen LogP contribution in [-0.4, -0.2) is 67.0 Å². The van der Waals surface area contributed by atoms with E-state index in [0.717, 1.165) is 6.21 Å². The molecule has 0 spiro atoms. The summed E-state index contributed by atoms with van der Waals surface area (Å²) in [6, 6.07) is 3.05. The quantitative estimate of drug-likeness (QED) is 0.534. The number of aromatic nitrogens is 3. The van der Waals surface area contributed by atoms with Crippen molar-refractivity contribution in [2.45, 2.75) is 19.1 Å². The van der Waals surface area contributed by atoms with Gasteiger partial charge in [0.1, 0.15) is 23.2 Å². The van der Waals surface area contributed by atoms with Gasteiger partial charge in [0, 0.05) is 24.9 Å². The van der Waals surface area contributed by atoms with Gasteiger partial charge in [-0.15, -0.1) is 0 Å². The average molecular weight is 415 g/mol. The molecule has 0 saturated carbocycles. The number of alkyl halides is 3. The number of hydrogen-bond acceptors (Lipinski definition) is 8. The first kappa shape index (κ1) is 22.4. The largest absolute Gasteiger partial charge is 0.483 e. The smallest absolute Gasteiger partial charge is 0.422 e. The van der Waals surface area contributed by atoms with Crippen molar-refractivity contribution in [1.29, 1.82) is 5.41 Å². The van der Waals surface area contributed by atoms with Crippen molar-refractivity contribution < 1.29 is 22.6 Å². The Morgan fingerprint density at radius 1 is 1.48 bits per heavy atom. The fourth-order valence-corrected chi connectivity index (χ4v) is 2.70. The van der Waals surface area contributed by atoms with Crippen LogP contribution in [-0.2, 0) is 4.74 Å². The minimum Gasteiger partial charge on any atom is -0.483 e. The Labute approximate surface area is 165 Å². The van der Waals surface area contributed by atoms with Crippen molar-refractivity contribution in [2.75, 3.05) is 43.6 Å². The fraction of sp³-hybridized carbons (Fsp3) is 0.471. The summed E-state index contributed by atoms with van der Waals surface area (Å²) in [5.41, 5.74) is 4.61. The summed E-state index contributed by atoms with van der Waals surface area (Å²) in [5, 5.41) is 17.1. The Bertz CT molecular complexity index is 784. The lowest BCUT2D eigenvalue weighted by Crippen LogP contribution is -2.44. The Morgan fingerprint density at radius 2 is 2.24 bits per heavy atom. The first-order valence-electron chi connectivity index (χ1n) is 8.81. The van der Waals surface area contributed by atoms with Gasteiger partial charge < -0.3 is 30.8 Å². The van der Waals surface area contributed by atoms with Crippen molar-refractivity contribution >= 4 is 23.7 Å². The fourth-order valence-electron chi connectivity index (χ4n) is 2.70. The van der Waals surface area contributed by atoms with Gasteiger partial charge in [-0.2, -0.15) is 18.3 Å². The number of ether oxygens (including phenoxy) is 2. The van der Waals surface area contributed by atoms with Gasteiger partial charge in [-0.25, -0.2) is 4.98 Å². The molecule has 0 bridgehead atoms. The molecule has 3 heterocycles. The molecular formula is C17H24F3N7O2. The minimum absolute atomic E-state index is 0.00690. The molecule has 9 nitrogen and oxygen atoms in total. The summed E-state index contributed by atoms with van der Waals surface area (Å²) in [5.74, 6) is 1.05. The van der Waals surface area contributed by atoms with Crippen LogP contribution in [0, 0.1) is 5.41 Å². The Hall–Kier alpha value is -2.86. The molecule has 0 radical (unpaired) electrons. The molecule has 0 aliphatic carbocycles. The molecule has 1 atom stereocenters. The van der Waals surface area contributed by atoms with Crippen LogP contribution in [0.25, 0.3) is 0 Å². The summed E-state index contributed by atoms with van der Waals surface area (Å²) in [6.07, 6.45) is -2.07. The van der Waals surface area contributed by atoms with Crippen molar-refractivity contribution in [3.8, 4) is 5.75 Å². The predicted octanol–water partition coefficient (Wildman–Crippen LogP) is 2.29. The third-order valence-corrected chi connectivity index (χ3v) is 3.96. The number of aromatic amines is 1. The molecule has 1 aliphatic heterocycles. The van der Waals surface area contributed by atoms with Crippen LogP contribution in [0.15, 0.2) is 18.3 Å². The van der Waals surface area contributed by atoms with Crippen LogP contribution in [0.1, 0.15) is 12.5 Å². The normalized spacial score (nSPS) is 16.6. The average Bonchev–Trinajstić information content (AvgIpc) is 3.20. The summed E-state index contributed by atoms with van der Waals surface area (Å²) >= 11 is 0. The van der Waals surface area contributed by atoms with E-state index in [1.54, 1.807) is 6.07 Å². The summed E-state index contributed by atoms with van der Waals surface area (Å²) < 4.78 is 48.3. The highest BCUT2D eigenvalue weighted by Crippen LogP contribution is 2.32. The van der Waals surface area contributed by atoms with Gasteiger partial charge in [0.25, 0.3) is 0 Å². The standard InChI is InChI=1S/C16H19F3N6O2.CH5N/c1-10-8-26-5-4-25(10)14-6-12(27-9-16(17,18)19)11(7-20)15(23-14)22-13-2-3-21-24-13;1-2/h2-3,6-7,10,20H,4-5,8-9H2,1H3,(H2,21,22,23,24);2H2,1H3. The molecule has 12 heteroatoms. The van der Waals surface area contributed by atoms with Crippen LogP contribution in [0.3, 0.4) is 0 Å². The lowest BCUT2D eigenvalue weighted by molar-refractivity contribution is -0.153. The number of anilines is 3. The van der Waals surface area contributed by atoms with E-state index in [9.17, 15) is 13.2 Å². The maximum atomic E-state index is 12.6. The molecule has 1 fully saturated rings. The summed E-state index contributed by atoms with van der Waals surface area (Å²) in [4.78, 5) is 6.42. The maximum Gasteiger partial charge on any atom is 0.422 e. The maximum absolute atomic E-state index is 12.6. The molecule has 5 N–H and O–H groups in total. The van der Waals surface area contributed by atoms with Gasteiger partial charge in [0.2, 0.25) is 0 Å². The van der Waals surface area contributed by atoms with Crippen LogP contribution in [0.5, 0.6) is 5.75 Å². The first-order valence-corrected chi connectivity index (χ1v) is 8.81. The number of nitrogens with one attached hydrogen (secondary N) is 3. The zero-order valence-electron chi connectivity index (χ0n) is 16.1. The van der Waals surface area contributed by atoms with E-state index in [1.807, 2.05) is 11.8 Å². The molecule has 0 amide bonds. The second-order valence-corrected chi connectivity index (χ2v) is 6.00. The lowest BCUT2D eigenvalue weighted by atomic mass is 10.2. The molecule has 0 aromatic carbocycles.